The molecule has 0 spiro atoms. The van der Waals surface area contributed by atoms with Crippen LogP contribution in [-0.4, -0.2) is 22.0 Å². The van der Waals surface area contributed by atoms with Crippen LogP contribution in [0.5, 0.6) is 0 Å². The molecule has 2 nitrogen and oxygen atoms in total. The van der Waals surface area contributed by atoms with Crippen LogP contribution >= 0.6 is 0 Å². The van der Waals surface area contributed by atoms with E-state index in [-0.39, 0.29) is 0 Å². The van der Waals surface area contributed by atoms with Crippen LogP contribution in [0.25, 0.3) is 11.1 Å². The van der Waals surface area contributed by atoms with E-state index in [1.807, 2.05) is 0 Å². The van der Waals surface area contributed by atoms with E-state index in [4.69, 9.17) is 5.11 Å². The van der Waals surface area contributed by atoms with Gasteiger partial charge in [-0.1, -0.05) is 6.07 Å². The first kappa shape index (κ1) is 14.5. The molecule has 1 heterocycles. The predicted molar refractivity (Wildman–Crippen MR) is 61.8 cm³/mol. The predicted octanol–water partition coefficient (Wildman–Crippen LogP) is 3.36. The fourth-order valence-corrected chi connectivity index (χ4v) is 1.70. The maximum absolute atomic E-state index is 13.1. The van der Waals surface area contributed by atoms with Crippen molar-refractivity contribution in [2.75, 3.05) is 0 Å². The standard InChI is InChI=1S/C13H10F5NO/c14-10-2-1-8(5-11(10)15)9-3-4-19(6-9)7-12(20)13(16,17)18/h1-6,12,20H,7H2/t12-/m1/s1. The molecule has 0 aliphatic heterocycles. The van der Waals surface area contributed by atoms with Crippen molar-refractivity contribution in [1.82, 2.24) is 4.57 Å². The van der Waals surface area contributed by atoms with Gasteiger partial charge in [0.1, 0.15) is 0 Å². The molecule has 20 heavy (non-hydrogen) atoms. The number of aliphatic hydroxyl groups excluding tert-OH is 1. The summed E-state index contributed by atoms with van der Waals surface area (Å²) in [6, 6.07) is 4.66. The molecule has 0 saturated heterocycles. The molecule has 0 bridgehead atoms. The summed E-state index contributed by atoms with van der Waals surface area (Å²) in [5.74, 6) is -2.04. The molecule has 0 saturated carbocycles. The molecule has 0 radical (unpaired) electrons. The van der Waals surface area contributed by atoms with Gasteiger partial charge >= 0.3 is 6.18 Å². The summed E-state index contributed by atoms with van der Waals surface area (Å²) in [4.78, 5) is 0. The van der Waals surface area contributed by atoms with Gasteiger partial charge < -0.3 is 9.67 Å². The first-order valence-corrected chi connectivity index (χ1v) is 5.63. The quantitative estimate of drug-likeness (QED) is 0.862. The minimum Gasteiger partial charge on any atom is -0.382 e. The molecule has 2 rings (SSSR count). The minimum atomic E-state index is -4.70. The lowest BCUT2D eigenvalue weighted by Gasteiger charge is -2.14. The van der Waals surface area contributed by atoms with Crippen LogP contribution in [0, 0.1) is 11.6 Å². The van der Waals surface area contributed by atoms with Gasteiger partial charge in [-0.15, -0.1) is 0 Å². The largest absolute Gasteiger partial charge is 0.416 e. The Hall–Kier alpha value is -1.89. The van der Waals surface area contributed by atoms with Gasteiger partial charge in [-0.05, 0) is 29.3 Å². The third kappa shape index (κ3) is 3.16. The Balaban J connectivity index is 2.18. The van der Waals surface area contributed by atoms with Crippen molar-refractivity contribution in [2.24, 2.45) is 0 Å². The third-order valence-corrected chi connectivity index (χ3v) is 2.77. The van der Waals surface area contributed by atoms with Crippen molar-refractivity contribution < 1.29 is 27.1 Å². The van der Waals surface area contributed by atoms with Gasteiger partial charge in [-0.25, -0.2) is 8.78 Å². The molecule has 0 aliphatic carbocycles. The second-order valence-electron chi connectivity index (χ2n) is 4.28. The Morgan fingerprint density at radius 2 is 1.75 bits per heavy atom. The van der Waals surface area contributed by atoms with E-state index < -0.39 is 30.5 Å². The lowest BCUT2D eigenvalue weighted by molar-refractivity contribution is -0.207. The van der Waals surface area contributed by atoms with E-state index >= 15 is 0 Å². The van der Waals surface area contributed by atoms with E-state index in [1.165, 1.54) is 24.5 Å². The van der Waals surface area contributed by atoms with Crippen LogP contribution in [0.15, 0.2) is 36.7 Å². The summed E-state index contributed by atoms with van der Waals surface area (Å²) >= 11 is 0. The van der Waals surface area contributed by atoms with Crippen molar-refractivity contribution in [1.29, 1.82) is 0 Å². The summed E-state index contributed by atoms with van der Waals surface area (Å²) in [5, 5.41) is 8.94. The highest BCUT2D eigenvalue weighted by atomic mass is 19.4. The van der Waals surface area contributed by atoms with Crippen molar-refractivity contribution in [3.05, 3.63) is 48.3 Å². The van der Waals surface area contributed by atoms with Crippen LogP contribution in [0.2, 0.25) is 0 Å². The maximum atomic E-state index is 13.1. The van der Waals surface area contributed by atoms with Crippen LogP contribution in [-0.2, 0) is 6.54 Å². The van der Waals surface area contributed by atoms with E-state index in [2.05, 4.69) is 0 Å². The molecule has 0 aliphatic rings. The molecule has 7 heteroatoms. The Morgan fingerprint density at radius 1 is 1.05 bits per heavy atom. The van der Waals surface area contributed by atoms with Gasteiger partial charge in [0.2, 0.25) is 0 Å². The molecular formula is C13H10F5NO. The van der Waals surface area contributed by atoms with E-state index in [0.29, 0.717) is 11.1 Å². The van der Waals surface area contributed by atoms with Gasteiger partial charge in [-0.2, -0.15) is 13.2 Å². The van der Waals surface area contributed by atoms with Crippen molar-refractivity contribution in [3.63, 3.8) is 0 Å². The molecule has 1 aromatic carbocycles. The van der Waals surface area contributed by atoms with E-state index in [1.54, 1.807) is 0 Å². The van der Waals surface area contributed by atoms with Gasteiger partial charge in [0, 0.05) is 12.4 Å². The first-order valence-electron chi connectivity index (χ1n) is 5.63. The monoisotopic (exact) mass is 291 g/mol. The molecule has 0 amide bonds. The highest BCUT2D eigenvalue weighted by Gasteiger charge is 2.38. The van der Waals surface area contributed by atoms with Gasteiger partial charge in [0.05, 0.1) is 6.54 Å². The fourth-order valence-electron chi connectivity index (χ4n) is 1.70. The zero-order valence-corrected chi connectivity index (χ0v) is 10.0. The van der Waals surface area contributed by atoms with Crippen molar-refractivity contribution in [3.8, 4) is 11.1 Å². The molecule has 1 aromatic heterocycles. The summed E-state index contributed by atoms with van der Waals surface area (Å²) < 4.78 is 63.6. The lowest BCUT2D eigenvalue weighted by atomic mass is 10.1. The number of rotatable bonds is 3. The molecule has 1 atom stereocenters. The molecule has 0 unspecified atom stereocenters. The Labute approximate surface area is 111 Å². The summed E-state index contributed by atoms with van der Waals surface area (Å²) in [5.41, 5.74) is 0.766. The Bertz CT molecular complexity index is 605. The highest BCUT2D eigenvalue weighted by molar-refractivity contribution is 5.62. The summed E-state index contributed by atoms with van der Waals surface area (Å²) in [6.45, 7) is -0.660. The number of hydrogen-bond acceptors (Lipinski definition) is 1. The maximum Gasteiger partial charge on any atom is 0.416 e. The molecule has 1 N–H and O–H groups in total. The molecule has 0 fully saturated rings. The Morgan fingerprint density at radius 3 is 2.35 bits per heavy atom. The number of alkyl halides is 3. The van der Waals surface area contributed by atoms with E-state index in [9.17, 15) is 22.0 Å². The number of aliphatic hydroxyl groups is 1. The summed E-state index contributed by atoms with van der Waals surface area (Å²) in [6.07, 6.45) is -4.53. The van der Waals surface area contributed by atoms with Gasteiger partial charge in [-0.3, -0.25) is 0 Å². The molecule has 2 aromatic rings. The third-order valence-electron chi connectivity index (χ3n) is 2.77. The second-order valence-corrected chi connectivity index (χ2v) is 4.28. The van der Waals surface area contributed by atoms with Gasteiger partial charge in [0.15, 0.2) is 17.7 Å². The lowest BCUT2D eigenvalue weighted by Crippen LogP contribution is -2.32. The fraction of sp³-hybridized carbons (Fsp3) is 0.231. The first-order chi connectivity index (χ1) is 9.27. The second kappa shape index (κ2) is 5.24. The Kier molecular flexibility index (Phi) is 3.80. The van der Waals surface area contributed by atoms with Crippen LogP contribution < -0.4 is 0 Å². The number of hydrogen-bond donors (Lipinski definition) is 1. The smallest absolute Gasteiger partial charge is 0.382 e. The van der Waals surface area contributed by atoms with E-state index in [0.717, 1.165) is 16.7 Å². The van der Waals surface area contributed by atoms with Crippen LogP contribution in [0.1, 0.15) is 0 Å². The minimum absolute atomic E-state index is 0.337. The normalized spacial score (nSPS) is 13.5. The average molecular weight is 291 g/mol. The topological polar surface area (TPSA) is 25.2 Å². The van der Waals surface area contributed by atoms with Crippen molar-refractivity contribution in [2.45, 2.75) is 18.8 Å². The number of halogens is 5. The zero-order valence-electron chi connectivity index (χ0n) is 10.0. The highest BCUT2D eigenvalue weighted by Crippen LogP contribution is 2.24. The van der Waals surface area contributed by atoms with Crippen LogP contribution in [0.3, 0.4) is 0 Å². The number of benzene rings is 1. The number of nitrogens with zero attached hydrogens (tertiary/aromatic N) is 1. The van der Waals surface area contributed by atoms with Crippen LogP contribution in [0.4, 0.5) is 22.0 Å². The molecule has 108 valence electrons. The molecular weight excluding hydrogens is 281 g/mol. The summed E-state index contributed by atoms with van der Waals surface area (Å²) in [7, 11) is 0. The van der Waals surface area contributed by atoms with Crippen molar-refractivity contribution >= 4 is 0 Å². The number of aromatic nitrogens is 1. The zero-order chi connectivity index (χ0) is 14.9. The van der Waals surface area contributed by atoms with Gasteiger partial charge in [0.25, 0.3) is 0 Å². The SMILES string of the molecule is O[C@H](Cn1ccc(-c2ccc(F)c(F)c2)c1)C(F)(F)F. The average Bonchev–Trinajstić information content (AvgIpc) is 2.80.